The minimum Gasteiger partial charge on any atom is -0.449 e. The summed E-state index contributed by atoms with van der Waals surface area (Å²) in [5.41, 5.74) is 0. The lowest BCUT2D eigenvalue weighted by molar-refractivity contribution is -0.487. The Morgan fingerprint density at radius 2 is 2.06 bits per heavy atom. The van der Waals surface area contributed by atoms with Crippen LogP contribution in [-0.2, 0) is 9.53 Å². The maximum atomic E-state index is 11.5. The lowest BCUT2D eigenvalue weighted by Gasteiger charge is -2.03. The van der Waals surface area contributed by atoms with Gasteiger partial charge in [0.2, 0.25) is 18.4 Å². The topological polar surface area (TPSA) is 78.7 Å². The third-order valence-electron chi connectivity index (χ3n) is 2.21. The van der Waals surface area contributed by atoms with Crippen molar-refractivity contribution in [3.8, 4) is 5.75 Å². The van der Waals surface area contributed by atoms with Crippen LogP contribution >= 0.6 is 15.9 Å². The van der Waals surface area contributed by atoms with Crippen LogP contribution in [0.4, 0.5) is 0 Å². The standard InChI is InChI=1S/C11H8BrNO5/c12-9-8(6-13(15)16)18-11(14)10(9)17-7-4-2-1-3-5-7/h1-5,8H,6H2. The molecule has 1 aromatic rings. The summed E-state index contributed by atoms with van der Waals surface area (Å²) in [5.74, 6) is -0.297. The Hall–Kier alpha value is -1.89. The molecule has 2 rings (SSSR count). The van der Waals surface area contributed by atoms with Crippen molar-refractivity contribution >= 4 is 21.9 Å². The Bertz CT molecular complexity index is 513. The SMILES string of the molecule is O=C1OC(C[N+](=O)[O-])C(Br)=C1Oc1ccccc1. The molecule has 0 aliphatic carbocycles. The van der Waals surface area contributed by atoms with Crippen molar-refractivity contribution in [1.82, 2.24) is 0 Å². The molecule has 7 heteroatoms. The van der Waals surface area contributed by atoms with Gasteiger partial charge in [0.1, 0.15) is 5.75 Å². The number of hydrogen-bond donors (Lipinski definition) is 0. The largest absolute Gasteiger partial charge is 0.449 e. The van der Waals surface area contributed by atoms with E-state index >= 15 is 0 Å². The summed E-state index contributed by atoms with van der Waals surface area (Å²) in [6, 6.07) is 8.64. The first-order chi connectivity index (χ1) is 8.58. The lowest BCUT2D eigenvalue weighted by atomic mass is 10.3. The van der Waals surface area contributed by atoms with Crippen LogP contribution in [0.15, 0.2) is 40.6 Å². The van der Waals surface area contributed by atoms with E-state index in [1.165, 1.54) is 0 Å². The number of hydrogen-bond acceptors (Lipinski definition) is 5. The van der Waals surface area contributed by atoms with Crippen LogP contribution < -0.4 is 4.74 Å². The second-order valence-electron chi connectivity index (χ2n) is 3.50. The normalized spacial score (nSPS) is 18.7. The van der Waals surface area contributed by atoms with Crippen LogP contribution in [-0.4, -0.2) is 23.5 Å². The van der Waals surface area contributed by atoms with E-state index in [0.717, 1.165) is 0 Å². The molecule has 18 heavy (non-hydrogen) atoms. The summed E-state index contributed by atoms with van der Waals surface area (Å²) in [6.45, 7) is -0.492. The Kier molecular flexibility index (Phi) is 3.61. The molecule has 0 saturated heterocycles. The average molecular weight is 314 g/mol. The summed E-state index contributed by atoms with van der Waals surface area (Å²) >= 11 is 3.10. The minimum absolute atomic E-state index is 0.0481. The predicted octanol–water partition coefficient (Wildman–Crippen LogP) is 1.87. The molecule has 0 N–H and O–H groups in total. The molecule has 1 unspecified atom stereocenters. The van der Waals surface area contributed by atoms with E-state index in [4.69, 9.17) is 9.47 Å². The maximum Gasteiger partial charge on any atom is 0.376 e. The highest BCUT2D eigenvalue weighted by Crippen LogP contribution is 2.29. The third kappa shape index (κ3) is 2.67. The fourth-order valence-corrected chi connectivity index (χ4v) is 1.91. The van der Waals surface area contributed by atoms with Gasteiger partial charge >= 0.3 is 5.97 Å². The monoisotopic (exact) mass is 313 g/mol. The van der Waals surface area contributed by atoms with Crippen molar-refractivity contribution < 1.29 is 19.2 Å². The minimum atomic E-state index is -0.925. The highest BCUT2D eigenvalue weighted by molar-refractivity contribution is 9.11. The number of halogens is 1. The molecule has 1 aliphatic rings. The molecule has 0 bridgehead atoms. The number of rotatable bonds is 4. The molecule has 1 heterocycles. The predicted molar refractivity (Wildman–Crippen MR) is 64.8 cm³/mol. The van der Waals surface area contributed by atoms with Crippen molar-refractivity contribution in [1.29, 1.82) is 0 Å². The van der Waals surface area contributed by atoms with Crippen molar-refractivity contribution in [3.63, 3.8) is 0 Å². The Labute approximate surface area is 110 Å². The van der Waals surface area contributed by atoms with Gasteiger partial charge in [-0.3, -0.25) is 10.1 Å². The van der Waals surface area contributed by atoms with E-state index in [1.807, 2.05) is 0 Å². The van der Waals surface area contributed by atoms with Gasteiger partial charge in [-0.25, -0.2) is 4.79 Å². The molecule has 1 atom stereocenters. The van der Waals surface area contributed by atoms with Gasteiger partial charge in [0.05, 0.1) is 4.48 Å². The molecule has 0 radical (unpaired) electrons. The molecular weight excluding hydrogens is 306 g/mol. The highest BCUT2D eigenvalue weighted by atomic mass is 79.9. The molecule has 1 aliphatic heterocycles. The molecule has 6 nitrogen and oxygen atoms in total. The Morgan fingerprint density at radius 1 is 1.39 bits per heavy atom. The van der Waals surface area contributed by atoms with Crippen LogP contribution in [0.25, 0.3) is 0 Å². The number of carbonyl (C=O) groups is 1. The van der Waals surface area contributed by atoms with Gasteiger partial charge in [0.15, 0.2) is 0 Å². The fourth-order valence-electron chi connectivity index (χ4n) is 1.43. The summed E-state index contributed by atoms with van der Waals surface area (Å²) in [6.07, 6.45) is -0.925. The quantitative estimate of drug-likeness (QED) is 0.481. The summed E-state index contributed by atoms with van der Waals surface area (Å²) < 4.78 is 10.4. The van der Waals surface area contributed by atoms with Gasteiger partial charge < -0.3 is 9.47 Å². The summed E-state index contributed by atoms with van der Waals surface area (Å²) in [7, 11) is 0. The molecule has 0 spiro atoms. The Morgan fingerprint density at radius 3 is 2.67 bits per heavy atom. The Balaban J connectivity index is 2.18. The first-order valence-electron chi connectivity index (χ1n) is 5.03. The smallest absolute Gasteiger partial charge is 0.376 e. The molecule has 0 fully saturated rings. The summed E-state index contributed by atoms with van der Waals surface area (Å²) in [5, 5.41) is 10.4. The molecule has 0 amide bonds. The van der Waals surface area contributed by atoms with Crippen LogP contribution in [0.1, 0.15) is 0 Å². The van der Waals surface area contributed by atoms with E-state index in [0.29, 0.717) is 5.75 Å². The van der Waals surface area contributed by atoms with Gasteiger partial charge in [-0.15, -0.1) is 0 Å². The molecule has 0 aromatic heterocycles. The first-order valence-corrected chi connectivity index (χ1v) is 5.82. The van der Waals surface area contributed by atoms with Crippen LogP contribution in [0.3, 0.4) is 0 Å². The van der Waals surface area contributed by atoms with Gasteiger partial charge in [-0.2, -0.15) is 0 Å². The number of carbonyl (C=O) groups excluding carboxylic acids is 1. The average Bonchev–Trinajstić information content (AvgIpc) is 2.58. The van der Waals surface area contributed by atoms with E-state index in [-0.39, 0.29) is 10.2 Å². The van der Waals surface area contributed by atoms with E-state index in [2.05, 4.69) is 15.9 Å². The van der Waals surface area contributed by atoms with E-state index in [1.54, 1.807) is 30.3 Å². The zero-order chi connectivity index (χ0) is 13.1. The molecule has 94 valence electrons. The number of nitro groups is 1. The van der Waals surface area contributed by atoms with Crippen molar-refractivity contribution in [2.45, 2.75) is 6.10 Å². The third-order valence-corrected chi connectivity index (χ3v) is 3.08. The maximum absolute atomic E-state index is 11.5. The second-order valence-corrected chi connectivity index (χ2v) is 4.36. The number of benzene rings is 1. The van der Waals surface area contributed by atoms with E-state index < -0.39 is 23.5 Å². The van der Waals surface area contributed by atoms with Crippen molar-refractivity contribution in [2.75, 3.05) is 6.54 Å². The zero-order valence-corrected chi connectivity index (χ0v) is 10.6. The zero-order valence-electron chi connectivity index (χ0n) is 9.04. The lowest BCUT2D eigenvalue weighted by Crippen LogP contribution is -2.20. The number of para-hydroxylation sites is 1. The van der Waals surface area contributed by atoms with Gasteiger partial charge in [-0.05, 0) is 28.1 Å². The molecule has 0 saturated carbocycles. The van der Waals surface area contributed by atoms with Crippen molar-refractivity contribution in [3.05, 3.63) is 50.7 Å². The van der Waals surface area contributed by atoms with Crippen LogP contribution in [0.2, 0.25) is 0 Å². The number of esters is 1. The molecule has 1 aromatic carbocycles. The first kappa shape index (κ1) is 12.6. The van der Waals surface area contributed by atoms with E-state index in [9.17, 15) is 14.9 Å². The second kappa shape index (κ2) is 5.18. The highest BCUT2D eigenvalue weighted by Gasteiger charge is 2.37. The fraction of sp³-hybridized carbons (Fsp3) is 0.182. The van der Waals surface area contributed by atoms with Gasteiger partial charge in [0, 0.05) is 4.92 Å². The van der Waals surface area contributed by atoms with Gasteiger partial charge in [-0.1, -0.05) is 18.2 Å². The number of ether oxygens (including phenoxy) is 2. The van der Waals surface area contributed by atoms with Gasteiger partial charge in [0.25, 0.3) is 0 Å². The van der Waals surface area contributed by atoms with Crippen LogP contribution in [0.5, 0.6) is 5.75 Å². The van der Waals surface area contributed by atoms with Crippen LogP contribution in [0, 0.1) is 10.1 Å². The summed E-state index contributed by atoms with van der Waals surface area (Å²) in [4.78, 5) is 21.4. The molecular formula is C11H8BrNO5. The number of nitrogens with zero attached hydrogens (tertiary/aromatic N) is 1. The number of cyclic esters (lactones) is 1. The van der Waals surface area contributed by atoms with Crippen molar-refractivity contribution in [2.24, 2.45) is 0 Å².